The van der Waals surface area contributed by atoms with Gasteiger partial charge in [-0.05, 0) is 19.3 Å². The van der Waals surface area contributed by atoms with Crippen LogP contribution in [0.5, 0.6) is 5.75 Å². The number of hydrogen-bond acceptors (Lipinski definition) is 20. The maximum atomic E-state index is 15.0. The predicted octanol–water partition coefficient (Wildman–Crippen LogP) is -2.94. The zero-order chi connectivity index (χ0) is 49.8. The molecule has 66 heavy (non-hydrogen) atoms. The molecular weight excluding hydrogens is 917 g/mol. The van der Waals surface area contributed by atoms with Gasteiger partial charge in [-0.1, -0.05) is 20.3 Å². The van der Waals surface area contributed by atoms with Gasteiger partial charge in [-0.2, -0.15) is 0 Å². The quantitative estimate of drug-likeness (QED) is 0.0372. The Morgan fingerprint density at radius 1 is 0.758 bits per heavy atom. The Morgan fingerprint density at radius 2 is 1.24 bits per heavy atom. The van der Waals surface area contributed by atoms with Crippen molar-refractivity contribution in [3.05, 3.63) is 34.1 Å². The van der Waals surface area contributed by atoms with Gasteiger partial charge in [0.2, 0.25) is 29.6 Å². The molecule has 0 radical (unpaired) electrons. The molecule has 0 aliphatic heterocycles. The summed E-state index contributed by atoms with van der Waals surface area (Å²) in [5, 5.41) is 53.6. The summed E-state index contributed by atoms with van der Waals surface area (Å²) in [6.07, 6.45) is -0.171. The maximum absolute atomic E-state index is 15.0. The fraction of sp³-hybridized carbons (Fsp3) is 0.541. The lowest BCUT2D eigenvalue weighted by molar-refractivity contribution is -0.140. The van der Waals surface area contributed by atoms with Crippen LogP contribution in [0.2, 0.25) is 0 Å². The van der Waals surface area contributed by atoms with Crippen molar-refractivity contribution in [3.63, 3.8) is 0 Å². The van der Waals surface area contributed by atoms with Crippen molar-refractivity contribution in [3.8, 4) is 5.75 Å². The topological polar surface area (TPSA) is 479 Å². The van der Waals surface area contributed by atoms with E-state index in [1.807, 2.05) is 0 Å². The molecule has 0 aliphatic rings. The minimum absolute atomic E-state index is 0.0430. The van der Waals surface area contributed by atoms with Crippen LogP contribution in [0.25, 0.3) is 0 Å². The number of carbonyl (C=O) groups excluding carboxylic acids is 5. The largest absolute Gasteiger partial charge is 0.503 e. The Labute approximate surface area is 383 Å². The number of Topliss-reactive ketones (excluding diaryl/α,β-unsaturated/α-hetero) is 1. The number of carboxylic acids is 4. The number of H-pyrrole nitrogens is 1. The predicted molar refractivity (Wildman–Crippen MR) is 235 cm³/mol. The van der Waals surface area contributed by atoms with Crippen LogP contribution in [-0.2, 0) is 43.2 Å². The standard InChI is InChI=1S/C37H54N12O15S2/c1-3-4-16(30(19-9-25(53)48-37(41)47-19)66-14-21(34(60)44-12-27(56)57)46-24(52)8-6-18(39)36(63)64)28(58)15(2)29(32-42-10-22(50)31(40)49-32)65-13-20(33(59)43-11-26(54)55)45-23(51)7-5-17(38)35(61)62/h9-10,15-18,20-21,29-30,50H,3-8,11-14,38-39H2,1-2H3,(H,43,59)(H,44,60)(H,45,51)(H,46,52)(H,54,55)(H,56,57)(H,61,62)(H,63,64)(H2,40,42,49)(H3,41,47,48,53)/t15?,16?,17-,18+,20+,21+,29?,30?/m1/s1. The molecule has 364 valence electrons. The van der Waals surface area contributed by atoms with Crippen LogP contribution < -0.4 is 49.8 Å². The second-order valence-electron chi connectivity index (χ2n) is 14.6. The fourth-order valence-electron chi connectivity index (χ4n) is 5.96. The van der Waals surface area contributed by atoms with Gasteiger partial charge in [0.1, 0.15) is 48.9 Å². The SMILES string of the molecule is CCCC(C(=O)C(C)C(SC[C@H](NC(=O)CC[C@@H](N)C(=O)O)C(=O)NCC(=O)O)c1ncc(O)c(N)n1)C(SC[C@H](NC(=O)CC[C@H](N)C(=O)O)C(=O)NCC(=O)O)c1cc(=O)[nH]c(N)n1. The number of rotatable bonds is 30. The number of carbonyl (C=O) groups is 9. The number of aliphatic carboxylic acids is 4. The number of carboxylic acid groups (broad SMARTS) is 4. The molecule has 0 saturated carbocycles. The number of anilines is 2. The Morgan fingerprint density at radius 3 is 1.67 bits per heavy atom. The molecule has 0 bridgehead atoms. The molecule has 2 aromatic rings. The van der Waals surface area contributed by atoms with Crippen molar-refractivity contribution >= 4 is 88.6 Å². The van der Waals surface area contributed by atoms with E-state index in [1.54, 1.807) is 6.92 Å². The van der Waals surface area contributed by atoms with Gasteiger partial charge in [0.25, 0.3) is 5.56 Å². The number of nitrogens with zero attached hydrogens (tertiary/aromatic N) is 3. The van der Waals surface area contributed by atoms with Gasteiger partial charge < -0.3 is 69.7 Å². The first-order valence-electron chi connectivity index (χ1n) is 19.9. The Kier molecular flexibility index (Phi) is 22.7. The fourth-order valence-corrected chi connectivity index (χ4v) is 8.71. The number of aromatic hydroxyl groups is 1. The number of thioether (sulfide) groups is 2. The highest BCUT2D eigenvalue weighted by Gasteiger charge is 2.40. The minimum atomic E-state index is -1.50. The van der Waals surface area contributed by atoms with Crippen LogP contribution in [0.15, 0.2) is 17.1 Å². The number of hydrogen-bond donors (Lipinski definition) is 14. The van der Waals surface area contributed by atoms with Crippen LogP contribution in [0, 0.1) is 11.8 Å². The summed E-state index contributed by atoms with van der Waals surface area (Å²) in [5.74, 6) is -14.2. The number of nitrogens with one attached hydrogen (secondary N) is 5. The van der Waals surface area contributed by atoms with Crippen molar-refractivity contribution in [1.82, 2.24) is 41.2 Å². The van der Waals surface area contributed by atoms with Crippen molar-refractivity contribution in [1.29, 1.82) is 0 Å². The molecule has 29 heteroatoms. The highest BCUT2D eigenvalue weighted by molar-refractivity contribution is 7.99. The van der Waals surface area contributed by atoms with Gasteiger partial charge in [0, 0.05) is 42.2 Å². The third-order valence-electron chi connectivity index (χ3n) is 9.39. The normalized spacial score (nSPS) is 14.7. The highest BCUT2D eigenvalue weighted by Crippen LogP contribution is 2.44. The van der Waals surface area contributed by atoms with Crippen molar-refractivity contribution in [2.75, 3.05) is 36.1 Å². The van der Waals surface area contributed by atoms with E-state index in [4.69, 9.17) is 33.1 Å². The molecule has 18 N–H and O–H groups in total. The number of ketones is 1. The summed E-state index contributed by atoms with van der Waals surface area (Å²) in [6, 6.07) is -4.77. The van der Waals surface area contributed by atoms with Gasteiger partial charge >= 0.3 is 23.9 Å². The van der Waals surface area contributed by atoms with Crippen LogP contribution in [-0.4, -0.2) is 148 Å². The first-order valence-corrected chi connectivity index (χ1v) is 22.0. The smallest absolute Gasteiger partial charge is 0.322 e. The van der Waals surface area contributed by atoms with E-state index in [2.05, 4.69) is 41.2 Å². The molecule has 27 nitrogen and oxygen atoms in total. The zero-order valence-corrected chi connectivity index (χ0v) is 37.3. The van der Waals surface area contributed by atoms with Gasteiger partial charge in [-0.15, -0.1) is 23.5 Å². The summed E-state index contributed by atoms with van der Waals surface area (Å²) >= 11 is 1.71. The first-order chi connectivity index (χ1) is 30.9. The van der Waals surface area contributed by atoms with Crippen molar-refractivity contribution in [2.45, 2.75) is 87.0 Å². The molecule has 0 spiro atoms. The molecule has 2 rings (SSSR count). The Bertz CT molecular complexity index is 2150. The van der Waals surface area contributed by atoms with E-state index in [-0.39, 0.29) is 48.2 Å². The summed E-state index contributed by atoms with van der Waals surface area (Å²) in [6.45, 7) is 1.50. The van der Waals surface area contributed by atoms with Crippen LogP contribution in [0.3, 0.4) is 0 Å². The molecule has 0 aliphatic carbocycles. The third-order valence-corrected chi connectivity index (χ3v) is 12.3. The number of aromatic nitrogens is 4. The zero-order valence-electron chi connectivity index (χ0n) is 35.6. The summed E-state index contributed by atoms with van der Waals surface area (Å²) < 4.78 is 0. The van der Waals surface area contributed by atoms with Gasteiger partial charge in [-0.25, -0.2) is 15.0 Å². The average molecular weight is 971 g/mol. The molecule has 0 saturated heterocycles. The van der Waals surface area contributed by atoms with E-state index in [1.165, 1.54) is 6.92 Å². The number of amides is 4. The maximum Gasteiger partial charge on any atom is 0.322 e. The Balaban J connectivity index is 2.66. The summed E-state index contributed by atoms with van der Waals surface area (Å²) in [5.41, 5.74) is 22.1. The van der Waals surface area contributed by atoms with Gasteiger partial charge in [-0.3, -0.25) is 52.9 Å². The van der Waals surface area contributed by atoms with Gasteiger partial charge in [0.05, 0.1) is 22.4 Å². The monoisotopic (exact) mass is 970 g/mol. The van der Waals surface area contributed by atoms with Crippen molar-refractivity contribution in [2.24, 2.45) is 23.3 Å². The van der Waals surface area contributed by atoms with Crippen LogP contribution in [0.4, 0.5) is 11.8 Å². The second kappa shape index (κ2) is 27.0. The van der Waals surface area contributed by atoms with E-state index in [0.29, 0.717) is 6.42 Å². The van der Waals surface area contributed by atoms with Crippen molar-refractivity contribution < 1.29 is 68.7 Å². The summed E-state index contributed by atoms with van der Waals surface area (Å²) in [4.78, 5) is 140. The number of nitrogen functional groups attached to an aromatic ring is 2. The molecule has 2 aromatic heterocycles. The molecule has 4 unspecified atom stereocenters. The van der Waals surface area contributed by atoms with E-state index in [0.717, 1.165) is 35.8 Å². The number of nitrogens with two attached hydrogens (primary N) is 4. The molecular formula is C37H54N12O15S2. The molecule has 0 aromatic carbocycles. The lowest BCUT2D eigenvalue weighted by Crippen LogP contribution is -2.50. The van der Waals surface area contributed by atoms with Crippen LogP contribution in [0.1, 0.15) is 74.4 Å². The molecule has 4 amide bonds. The molecule has 0 fully saturated rings. The second-order valence-corrected chi connectivity index (χ2v) is 16.9. The van der Waals surface area contributed by atoms with E-state index in [9.17, 15) is 58.5 Å². The lowest BCUT2D eigenvalue weighted by atomic mass is 9.84. The lowest BCUT2D eigenvalue weighted by Gasteiger charge is -2.31. The minimum Gasteiger partial charge on any atom is -0.503 e. The highest BCUT2D eigenvalue weighted by atomic mass is 32.2. The Hall–Kier alpha value is -6.59. The van der Waals surface area contributed by atoms with Crippen LogP contribution >= 0.6 is 23.5 Å². The first kappa shape index (κ1) is 55.5. The molecule has 2 heterocycles. The number of aromatic amines is 1. The van der Waals surface area contributed by atoms with E-state index >= 15 is 4.79 Å². The average Bonchev–Trinajstić information content (AvgIpc) is 3.24. The van der Waals surface area contributed by atoms with E-state index < -0.39 is 143 Å². The van der Waals surface area contributed by atoms with Gasteiger partial charge in [0.15, 0.2) is 11.6 Å². The summed E-state index contributed by atoms with van der Waals surface area (Å²) in [7, 11) is 0. The third kappa shape index (κ3) is 18.5. The molecule has 8 atom stereocenters.